The number of alkyl halides is 3. The number of hydrogen-bond donors (Lipinski definition) is 1. The Hall–Kier alpha value is -1.37. The predicted molar refractivity (Wildman–Crippen MR) is 59.8 cm³/mol. The maximum absolute atomic E-state index is 12.2. The highest BCUT2D eigenvalue weighted by Gasteiger charge is 2.40. The first kappa shape index (κ1) is 13.1. The van der Waals surface area contributed by atoms with E-state index in [9.17, 15) is 22.8 Å². The first-order valence-corrected chi connectivity index (χ1v) is 6.19. The Bertz CT molecular complexity index is 477. The quantitative estimate of drug-likeness (QED) is 0.860. The molecular formula is C11H10F3NO2S. The van der Waals surface area contributed by atoms with Gasteiger partial charge in [-0.1, -0.05) is 0 Å². The van der Waals surface area contributed by atoms with Gasteiger partial charge in [-0.15, -0.1) is 11.3 Å². The molecule has 2 rings (SSSR count). The molecule has 1 saturated carbocycles. The fraction of sp³-hybridized carbons (Fsp3) is 0.455. The van der Waals surface area contributed by atoms with Gasteiger partial charge in [-0.25, -0.2) is 0 Å². The van der Waals surface area contributed by atoms with Gasteiger partial charge in [-0.3, -0.25) is 9.59 Å². The van der Waals surface area contributed by atoms with Crippen LogP contribution in [0.1, 0.15) is 32.2 Å². The monoisotopic (exact) mass is 277 g/mol. The highest BCUT2D eigenvalue weighted by atomic mass is 32.1. The molecule has 1 amide bonds. The molecule has 0 atom stereocenters. The van der Waals surface area contributed by atoms with Crippen LogP contribution in [-0.4, -0.2) is 24.4 Å². The maximum atomic E-state index is 12.2. The van der Waals surface area contributed by atoms with E-state index in [4.69, 9.17) is 0 Å². The van der Waals surface area contributed by atoms with Gasteiger partial charge in [0.25, 0.3) is 11.7 Å². The second-order valence-corrected chi connectivity index (χ2v) is 5.23. The summed E-state index contributed by atoms with van der Waals surface area (Å²) < 4.78 is 36.5. The van der Waals surface area contributed by atoms with E-state index in [2.05, 4.69) is 5.32 Å². The summed E-state index contributed by atoms with van der Waals surface area (Å²) in [5, 5.41) is 2.63. The molecule has 0 unspecified atom stereocenters. The van der Waals surface area contributed by atoms with Crippen LogP contribution in [0.15, 0.2) is 12.1 Å². The topological polar surface area (TPSA) is 46.2 Å². The summed E-state index contributed by atoms with van der Waals surface area (Å²) in [6.07, 6.45) is -2.75. The fourth-order valence-corrected chi connectivity index (χ4v) is 2.25. The van der Waals surface area contributed by atoms with Crippen molar-refractivity contribution in [3.8, 4) is 0 Å². The largest absolute Gasteiger partial charge is 0.455 e. The number of hydrogen-bond acceptors (Lipinski definition) is 3. The number of halogens is 3. The summed E-state index contributed by atoms with van der Waals surface area (Å²) in [7, 11) is 0. The second-order valence-electron chi connectivity index (χ2n) is 4.14. The Kier molecular flexibility index (Phi) is 3.43. The molecule has 1 aliphatic carbocycles. The zero-order valence-corrected chi connectivity index (χ0v) is 10.0. The van der Waals surface area contributed by atoms with Crippen LogP contribution in [0, 0.1) is 5.92 Å². The molecule has 1 heterocycles. The summed E-state index contributed by atoms with van der Waals surface area (Å²) >= 11 is 0.566. The molecule has 98 valence electrons. The molecule has 18 heavy (non-hydrogen) atoms. The number of nitrogens with one attached hydrogen (secondary N) is 1. The van der Waals surface area contributed by atoms with Crippen LogP contribution >= 0.6 is 11.3 Å². The molecule has 1 aromatic rings. The molecule has 0 aliphatic heterocycles. The Labute approximate surface area is 105 Å². The van der Waals surface area contributed by atoms with Crippen LogP contribution < -0.4 is 5.32 Å². The molecule has 1 aromatic heterocycles. The van der Waals surface area contributed by atoms with E-state index in [-0.39, 0.29) is 4.88 Å². The summed E-state index contributed by atoms with van der Waals surface area (Å²) in [5.74, 6) is -1.84. The smallest absolute Gasteiger partial charge is 0.351 e. The number of thiophene rings is 1. The SMILES string of the molecule is O=C(NCC1CC1)c1ccc(C(=O)C(F)(F)F)s1. The average molecular weight is 277 g/mol. The van der Waals surface area contributed by atoms with Crippen LogP contribution in [0.4, 0.5) is 13.2 Å². The van der Waals surface area contributed by atoms with Crippen molar-refractivity contribution < 1.29 is 22.8 Å². The molecule has 1 fully saturated rings. The molecule has 0 saturated heterocycles. The second kappa shape index (κ2) is 4.72. The zero-order chi connectivity index (χ0) is 13.3. The first-order chi connectivity index (χ1) is 8.38. The molecule has 7 heteroatoms. The van der Waals surface area contributed by atoms with Crippen molar-refractivity contribution >= 4 is 23.0 Å². The minimum Gasteiger partial charge on any atom is -0.351 e. The minimum absolute atomic E-state index is 0.128. The van der Waals surface area contributed by atoms with E-state index in [0.29, 0.717) is 23.8 Å². The third-order valence-corrected chi connectivity index (χ3v) is 3.64. The van der Waals surface area contributed by atoms with Crippen LogP contribution in [-0.2, 0) is 0 Å². The van der Waals surface area contributed by atoms with Crippen LogP contribution in [0.2, 0.25) is 0 Å². The Morgan fingerprint density at radius 2 is 1.89 bits per heavy atom. The van der Waals surface area contributed by atoms with Crippen molar-refractivity contribution in [1.82, 2.24) is 5.32 Å². The Morgan fingerprint density at radius 1 is 1.28 bits per heavy atom. The number of carbonyl (C=O) groups is 2. The van der Waals surface area contributed by atoms with E-state index < -0.39 is 22.7 Å². The van der Waals surface area contributed by atoms with Gasteiger partial charge in [0.1, 0.15) is 0 Å². The van der Waals surface area contributed by atoms with E-state index >= 15 is 0 Å². The minimum atomic E-state index is -4.90. The van der Waals surface area contributed by atoms with E-state index in [1.54, 1.807) is 0 Å². The normalized spacial score (nSPS) is 15.5. The first-order valence-electron chi connectivity index (χ1n) is 5.37. The van der Waals surface area contributed by atoms with Crippen LogP contribution in [0.3, 0.4) is 0 Å². The van der Waals surface area contributed by atoms with Crippen LogP contribution in [0.5, 0.6) is 0 Å². The number of carbonyl (C=O) groups excluding carboxylic acids is 2. The summed E-state index contributed by atoms with van der Waals surface area (Å²) in [4.78, 5) is 22.2. The summed E-state index contributed by atoms with van der Waals surface area (Å²) in [6, 6.07) is 2.28. The predicted octanol–water partition coefficient (Wildman–Crippen LogP) is 2.63. The number of ketones is 1. The van der Waals surface area contributed by atoms with Crippen molar-refractivity contribution in [1.29, 1.82) is 0 Å². The highest BCUT2D eigenvalue weighted by molar-refractivity contribution is 7.16. The van der Waals surface area contributed by atoms with Crippen LogP contribution in [0.25, 0.3) is 0 Å². The van der Waals surface area contributed by atoms with Gasteiger partial charge in [-0.2, -0.15) is 13.2 Å². The Morgan fingerprint density at radius 3 is 2.44 bits per heavy atom. The lowest BCUT2D eigenvalue weighted by Crippen LogP contribution is -2.24. The molecule has 1 N–H and O–H groups in total. The van der Waals surface area contributed by atoms with Gasteiger partial charge in [0.2, 0.25) is 0 Å². The van der Waals surface area contributed by atoms with E-state index in [1.165, 1.54) is 6.07 Å². The summed E-state index contributed by atoms with van der Waals surface area (Å²) in [6.45, 7) is 0.541. The lowest BCUT2D eigenvalue weighted by molar-refractivity contribution is -0.0882. The van der Waals surface area contributed by atoms with Crippen molar-refractivity contribution in [2.75, 3.05) is 6.54 Å². The Balaban J connectivity index is 2.00. The highest BCUT2D eigenvalue weighted by Crippen LogP contribution is 2.28. The standard InChI is InChI=1S/C11H10F3NO2S/c12-11(13,14)9(16)7-3-4-8(18-7)10(17)15-5-6-1-2-6/h3-4,6H,1-2,5H2,(H,15,17). The van der Waals surface area contributed by atoms with E-state index in [0.717, 1.165) is 18.9 Å². The van der Waals surface area contributed by atoms with Gasteiger partial charge in [0.15, 0.2) is 0 Å². The molecule has 0 spiro atoms. The summed E-state index contributed by atoms with van der Waals surface area (Å²) in [5.41, 5.74) is 0. The lowest BCUT2D eigenvalue weighted by Gasteiger charge is -2.02. The van der Waals surface area contributed by atoms with Gasteiger partial charge in [-0.05, 0) is 30.9 Å². The number of Topliss-reactive ketones (excluding diaryl/α,β-unsaturated/α-hetero) is 1. The average Bonchev–Trinajstić information content (AvgIpc) is 2.99. The molecule has 0 bridgehead atoms. The van der Waals surface area contributed by atoms with Crippen molar-refractivity contribution in [2.24, 2.45) is 5.92 Å². The number of amides is 1. The fourth-order valence-electron chi connectivity index (χ4n) is 1.37. The molecule has 1 aliphatic rings. The lowest BCUT2D eigenvalue weighted by atomic mass is 10.3. The zero-order valence-electron chi connectivity index (χ0n) is 9.21. The van der Waals surface area contributed by atoms with Gasteiger partial charge < -0.3 is 5.32 Å². The van der Waals surface area contributed by atoms with Crippen molar-refractivity contribution in [3.63, 3.8) is 0 Å². The molecular weight excluding hydrogens is 267 g/mol. The van der Waals surface area contributed by atoms with Gasteiger partial charge in [0, 0.05) is 6.54 Å². The van der Waals surface area contributed by atoms with Gasteiger partial charge >= 0.3 is 6.18 Å². The molecule has 3 nitrogen and oxygen atoms in total. The van der Waals surface area contributed by atoms with Gasteiger partial charge in [0.05, 0.1) is 9.75 Å². The van der Waals surface area contributed by atoms with E-state index in [1.807, 2.05) is 0 Å². The maximum Gasteiger partial charge on any atom is 0.455 e. The third kappa shape index (κ3) is 3.10. The molecule has 0 aromatic carbocycles. The van der Waals surface area contributed by atoms with Crippen molar-refractivity contribution in [3.05, 3.63) is 21.9 Å². The van der Waals surface area contributed by atoms with Crippen molar-refractivity contribution in [2.45, 2.75) is 19.0 Å². The molecule has 0 radical (unpaired) electrons. The number of rotatable bonds is 4. The third-order valence-electron chi connectivity index (χ3n) is 2.56.